The first-order chi connectivity index (χ1) is 12.8. The van der Waals surface area contributed by atoms with E-state index < -0.39 is 0 Å². The van der Waals surface area contributed by atoms with Crippen LogP contribution in [0.1, 0.15) is 71.1 Å². The first-order valence-corrected chi connectivity index (χ1v) is 10.5. The Morgan fingerprint density at radius 2 is 2.07 bits per heavy atom. The maximum Gasteiger partial charge on any atom is 0.256 e. The number of nitrogens with one attached hydrogen (secondary N) is 1. The summed E-state index contributed by atoms with van der Waals surface area (Å²) in [5.41, 5.74) is 5.02. The van der Waals surface area contributed by atoms with Gasteiger partial charge in [-0.3, -0.25) is 4.79 Å². The lowest BCUT2D eigenvalue weighted by Crippen LogP contribution is -2.28. The Labute approximate surface area is 166 Å². The summed E-state index contributed by atoms with van der Waals surface area (Å²) in [7, 11) is 0. The summed E-state index contributed by atoms with van der Waals surface area (Å²) in [5.74, 6) is 0.488. The highest BCUT2D eigenvalue weighted by Crippen LogP contribution is 2.45. The Morgan fingerprint density at radius 3 is 2.70 bits per heavy atom. The summed E-state index contributed by atoms with van der Waals surface area (Å²) >= 11 is 1.59. The van der Waals surface area contributed by atoms with E-state index in [-0.39, 0.29) is 5.91 Å². The van der Waals surface area contributed by atoms with E-state index in [2.05, 4.69) is 32.2 Å². The minimum atomic E-state index is -0.140. The van der Waals surface area contributed by atoms with E-state index >= 15 is 0 Å². The van der Waals surface area contributed by atoms with Crippen LogP contribution in [0.5, 0.6) is 0 Å². The van der Waals surface area contributed by atoms with Crippen LogP contribution in [0.15, 0.2) is 18.2 Å². The number of anilines is 1. The third-order valence-electron chi connectivity index (χ3n) is 6.39. The van der Waals surface area contributed by atoms with Crippen LogP contribution in [0, 0.1) is 36.5 Å². The Balaban J connectivity index is 1.86. The second-order valence-corrected chi connectivity index (χ2v) is 9.46. The monoisotopic (exact) mass is 380 g/mol. The molecule has 3 rings (SSSR count). The van der Waals surface area contributed by atoms with Crippen molar-refractivity contribution in [3.63, 3.8) is 0 Å². The molecule has 0 fully saturated rings. The largest absolute Gasteiger partial charge is 0.312 e. The second kappa shape index (κ2) is 7.48. The fraction of sp³-hybridized carbons (Fsp3) is 0.478. The third-order valence-corrected chi connectivity index (χ3v) is 7.56. The van der Waals surface area contributed by atoms with Crippen molar-refractivity contribution < 1.29 is 4.79 Å². The predicted octanol–water partition coefficient (Wildman–Crippen LogP) is 6.03. The molecule has 1 amide bonds. The molecule has 1 N–H and O–H groups in total. The highest BCUT2D eigenvalue weighted by atomic mass is 32.1. The molecule has 1 unspecified atom stereocenters. The normalized spacial score (nSPS) is 16.5. The highest BCUT2D eigenvalue weighted by Gasteiger charge is 2.34. The average Bonchev–Trinajstić information content (AvgIpc) is 2.99. The van der Waals surface area contributed by atoms with Crippen molar-refractivity contribution in [3.8, 4) is 6.07 Å². The van der Waals surface area contributed by atoms with Crippen molar-refractivity contribution in [2.45, 2.75) is 60.3 Å². The summed E-state index contributed by atoms with van der Waals surface area (Å²) in [6.45, 7) is 11.0. The van der Waals surface area contributed by atoms with Crippen LogP contribution in [0.2, 0.25) is 0 Å². The Hall–Kier alpha value is -2.12. The van der Waals surface area contributed by atoms with E-state index in [4.69, 9.17) is 0 Å². The minimum Gasteiger partial charge on any atom is -0.312 e. The van der Waals surface area contributed by atoms with Gasteiger partial charge < -0.3 is 5.32 Å². The number of carbonyl (C=O) groups is 1. The SMILES string of the molecule is CCC(C)(C)C1CCc2c(sc(NC(=O)c3ccc(C)c(C)c3)c2C#N)C1. The zero-order valence-corrected chi connectivity index (χ0v) is 17.7. The molecular weight excluding hydrogens is 352 g/mol. The molecule has 0 spiro atoms. The van der Waals surface area contributed by atoms with Gasteiger partial charge in [0.2, 0.25) is 0 Å². The van der Waals surface area contributed by atoms with Crippen molar-refractivity contribution in [2.24, 2.45) is 11.3 Å². The molecule has 1 heterocycles. The fourth-order valence-electron chi connectivity index (χ4n) is 3.81. The lowest BCUT2D eigenvalue weighted by atomic mass is 9.69. The molecule has 1 aliphatic rings. The summed E-state index contributed by atoms with van der Waals surface area (Å²) in [5, 5.41) is 13.4. The Kier molecular flexibility index (Phi) is 5.44. The van der Waals surface area contributed by atoms with Crippen LogP contribution in [0.4, 0.5) is 5.00 Å². The van der Waals surface area contributed by atoms with E-state index in [1.165, 1.54) is 10.4 Å². The Morgan fingerprint density at radius 1 is 1.33 bits per heavy atom. The first kappa shape index (κ1) is 19.6. The van der Waals surface area contributed by atoms with E-state index in [1.54, 1.807) is 11.3 Å². The molecule has 0 saturated heterocycles. The molecule has 2 aromatic rings. The molecule has 0 saturated carbocycles. The molecule has 1 aromatic carbocycles. The van der Waals surface area contributed by atoms with E-state index in [0.717, 1.165) is 36.8 Å². The van der Waals surface area contributed by atoms with Gasteiger partial charge in [0, 0.05) is 10.4 Å². The molecular formula is C23H28N2OS. The van der Waals surface area contributed by atoms with Gasteiger partial charge in [-0.1, -0.05) is 33.3 Å². The lowest BCUT2D eigenvalue weighted by Gasteiger charge is -2.36. The summed E-state index contributed by atoms with van der Waals surface area (Å²) < 4.78 is 0. The number of nitriles is 1. The highest BCUT2D eigenvalue weighted by molar-refractivity contribution is 7.16. The van der Waals surface area contributed by atoms with Crippen molar-refractivity contribution >= 4 is 22.2 Å². The molecule has 0 radical (unpaired) electrons. The second-order valence-electron chi connectivity index (χ2n) is 8.35. The molecule has 3 nitrogen and oxygen atoms in total. The number of nitrogens with zero attached hydrogens (tertiary/aromatic N) is 1. The third kappa shape index (κ3) is 3.80. The van der Waals surface area contributed by atoms with Gasteiger partial charge >= 0.3 is 0 Å². The number of rotatable bonds is 4. The minimum absolute atomic E-state index is 0.140. The molecule has 4 heteroatoms. The number of fused-ring (bicyclic) bond motifs is 1. The van der Waals surface area contributed by atoms with Gasteiger partial charge in [-0.25, -0.2) is 0 Å². The molecule has 1 aliphatic carbocycles. The molecule has 1 aromatic heterocycles. The van der Waals surface area contributed by atoms with Gasteiger partial charge in [0.1, 0.15) is 11.1 Å². The number of benzene rings is 1. The van der Waals surface area contributed by atoms with Gasteiger partial charge in [-0.05, 0) is 73.3 Å². The van der Waals surface area contributed by atoms with Crippen LogP contribution in [-0.4, -0.2) is 5.91 Å². The van der Waals surface area contributed by atoms with E-state index in [1.807, 2.05) is 32.0 Å². The van der Waals surface area contributed by atoms with Gasteiger partial charge in [-0.2, -0.15) is 5.26 Å². The van der Waals surface area contributed by atoms with Gasteiger partial charge in [0.15, 0.2) is 0 Å². The standard InChI is InChI=1S/C23H28N2OS/c1-6-23(4,5)17-9-10-18-19(13-24)22(27-20(18)12-17)25-21(26)16-8-7-14(2)15(3)11-16/h7-8,11,17H,6,9-10,12H2,1-5H3,(H,25,26). The number of hydrogen-bond donors (Lipinski definition) is 1. The van der Waals surface area contributed by atoms with Crippen LogP contribution in [0.3, 0.4) is 0 Å². The number of thiophene rings is 1. The maximum atomic E-state index is 12.7. The molecule has 27 heavy (non-hydrogen) atoms. The van der Waals surface area contributed by atoms with Crippen LogP contribution >= 0.6 is 11.3 Å². The fourth-order valence-corrected chi connectivity index (χ4v) is 5.08. The van der Waals surface area contributed by atoms with Crippen molar-refractivity contribution in [1.82, 2.24) is 0 Å². The summed E-state index contributed by atoms with van der Waals surface area (Å²) in [4.78, 5) is 14.0. The zero-order valence-electron chi connectivity index (χ0n) is 16.9. The maximum absolute atomic E-state index is 12.7. The van der Waals surface area contributed by atoms with Gasteiger partial charge in [0.25, 0.3) is 5.91 Å². The van der Waals surface area contributed by atoms with Crippen LogP contribution in [0.25, 0.3) is 0 Å². The molecule has 0 bridgehead atoms. The average molecular weight is 381 g/mol. The lowest BCUT2D eigenvalue weighted by molar-refractivity contribution is 0.102. The predicted molar refractivity (Wildman–Crippen MR) is 112 cm³/mol. The first-order valence-electron chi connectivity index (χ1n) is 9.70. The zero-order chi connectivity index (χ0) is 19.8. The summed E-state index contributed by atoms with van der Waals surface area (Å²) in [6.07, 6.45) is 4.21. The number of amides is 1. The smallest absolute Gasteiger partial charge is 0.256 e. The molecule has 1 atom stereocenters. The molecule has 0 aliphatic heterocycles. The summed E-state index contributed by atoms with van der Waals surface area (Å²) in [6, 6.07) is 8.06. The van der Waals surface area contributed by atoms with Crippen LogP contribution < -0.4 is 5.32 Å². The number of hydrogen-bond acceptors (Lipinski definition) is 3. The van der Waals surface area contributed by atoms with Gasteiger partial charge in [-0.15, -0.1) is 11.3 Å². The Bertz CT molecular complexity index is 917. The molecule has 142 valence electrons. The number of carbonyl (C=O) groups excluding carboxylic acids is 1. The van der Waals surface area contributed by atoms with E-state index in [9.17, 15) is 10.1 Å². The van der Waals surface area contributed by atoms with E-state index in [0.29, 0.717) is 27.5 Å². The topological polar surface area (TPSA) is 52.9 Å². The quantitative estimate of drug-likeness (QED) is 0.704. The van der Waals surface area contributed by atoms with Crippen LogP contribution in [-0.2, 0) is 12.8 Å². The van der Waals surface area contributed by atoms with Crippen molar-refractivity contribution in [1.29, 1.82) is 5.26 Å². The number of aryl methyl sites for hydroxylation is 2. The van der Waals surface area contributed by atoms with Crippen molar-refractivity contribution in [2.75, 3.05) is 5.32 Å². The van der Waals surface area contributed by atoms with Gasteiger partial charge in [0.05, 0.1) is 5.56 Å². The van der Waals surface area contributed by atoms with Crippen molar-refractivity contribution in [3.05, 3.63) is 50.9 Å².